The number of hydrogen-bond donors (Lipinski definition) is 1. The third-order valence-electron chi connectivity index (χ3n) is 4.70. The summed E-state index contributed by atoms with van der Waals surface area (Å²) in [5.74, 6) is 0.504. The Morgan fingerprint density at radius 2 is 1.86 bits per heavy atom. The standard InChI is InChI=1S/C23H22N4O2/c1-3-17-9-7-8-12-21(17)29-15-22(28)25-18-13-20-16(2)26-27(23(20)24-14-18)19-10-5-4-6-11-19/h4-14H,3,15H2,1-2H3,(H,25,28). The Hall–Kier alpha value is -3.67. The minimum Gasteiger partial charge on any atom is -0.483 e. The Balaban J connectivity index is 1.50. The summed E-state index contributed by atoms with van der Waals surface area (Å²) in [4.78, 5) is 16.9. The Morgan fingerprint density at radius 1 is 1.10 bits per heavy atom. The van der Waals surface area contributed by atoms with Crippen LogP contribution in [-0.2, 0) is 11.2 Å². The molecule has 146 valence electrons. The van der Waals surface area contributed by atoms with Gasteiger partial charge < -0.3 is 10.1 Å². The lowest BCUT2D eigenvalue weighted by Crippen LogP contribution is -2.20. The van der Waals surface area contributed by atoms with E-state index in [1.807, 2.05) is 67.6 Å². The lowest BCUT2D eigenvalue weighted by molar-refractivity contribution is -0.118. The Labute approximate surface area is 169 Å². The van der Waals surface area contributed by atoms with Crippen LogP contribution >= 0.6 is 0 Å². The lowest BCUT2D eigenvalue weighted by atomic mass is 10.1. The van der Waals surface area contributed by atoms with Gasteiger partial charge in [0.05, 0.1) is 23.3 Å². The van der Waals surface area contributed by atoms with Gasteiger partial charge in [-0.05, 0) is 43.2 Å². The van der Waals surface area contributed by atoms with Crippen LogP contribution in [0.15, 0.2) is 66.9 Å². The molecule has 0 saturated carbocycles. The summed E-state index contributed by atoms with van der Waals surface area (Å²) in [6.07, 6.45) is 2.49. The molecule has 2 aromatic carbocycles. The first kappa shape index (κ1) is 18.7. The fourth-order valence-corrected chi connectivity index (χ4v) is 3.24. The third kappa shape index (κ3) is 3.96. The number of hydrogen-bond acceptors (Lipinski definition) is 4. The van der Waals surface area contributed by atoms with Gasteiger partial charge in [-0.25, -0.2) is 9.67 Å². The van der Waals surface area contributed by atoms with Crippen molar-refractivity contribution < 1.29 is 9.53 Å². The van der Waals surface area contributed by atoms with Crippen LogP contribution < -0.4 is 10.1 Å². The van der Waals surface area contributed by atoms with E-state index in [0.717, 1.165) is 40.1 Å². The van der Waals surface area contributed by atoms with Crippen LogP contribution in [0.4, 0.5) is 5.69 Å². The molecule has 6 nitrogen and oxygen atoms in total. The highest BCUT2D eigenvalue weighted by atomic mass is 16.5. The van der Waals surface area contributed by atoms with Crippen molar-refractivity contribution in [2.75, 3.05) is 11.9 Å². The molecule has 1 N–H and O–H groups in total. The largest absolute Gasteiger partial charge is 0.483 e. The SMILES string of the molecule is CCc1ccccc1OCC(=O)Nc1cnc2c(c1)c(C)nn2-c1ccccc1. The van der Waals surface area contributed by atoms with Crippen molar-refractivity contribution in [1.29, 1.82) is 0 Å². The number of pyridine rings is 1. The van der Waals surface area contributed by atoms with Crippen molar-refractivity contribution in [3.63, 3.8) is 0 Å². The van der Waals surface area contributed by atoms with E-state index in [4.69, 9.17) is 4.74 Å². The van der Waals surface area contributed by atoms with Crippen LogP contribution in [0.1, 0.15) is 18.2 Å². The van der Waals surface area contributed by atoms with E-state index in [1.54, 1.807) is 10.9 Å². The number of carbonyl (C=O) groups excluding carboxylic acids is 1. The molecule has 2 aromatic heterocycles. The topological polar surface area (TPSA) is 69.0 Å². The summed E-state index contributed by atoms with van der Waals surface area (Å²) in [5.41, 5.74) is 4.23. The van der Waals surface area contributed by atoms with Crippen LogP contribution in [-0.4, -0.2) is 27.3 Å². The van der Waals surface area contributed by atoms with Crippen molar-refractivity contribution in [3.05, 3.63) is 78.1 Å². The predicted molar refractivity (Wildman–Crippen MR) is 114 cm³/mol. The number of fused-ring (bicyclic) bond motifs is 1. The number of anilines is 1. The molecule has 0 aliphatic rings. The smallest absolute Gasteiger partial charge is 0.262 e. The number of ether oxygens (including phenoxy) is 1. The van der Waals surface area contributed by atoms with Crippen LogP contribution in [0.2, 0.25) is 0 Å². The summed E-state index contributed by atoms with van der Waals surface area (Å²) in [6, 6.07) is 19.5. The lowest BCUT2D eigenvalue weighted by Gasteiger charge is -2.10. The Bertz CT molecular complexity index is 1150. The Morgan fingerprint density at radius 3 is 2.66 bits per heavy atom. The molecule has 6 heteroatoms. The van der Waals surface area contributed by atoms with E-state index < -0.39 is 0 Å². The number of para-hydroxylation sites is 2. The predicted octanol–water partition coefficient (Wildman–Crippen LogP) is 4.31. The van der Waals surface area contributed by atoms with E-state index >= 15 is 0 Å². The number of benzene rings is 2. The monoisotopic (exact) mass is 386 g/mol. The molecular weight excluding hydrogens is 364 g/mol. The molecule has 4 rings (SSSR count). The zero-order chi connectivity index (χ0) is 20.2. The maximum absolute atomic E-state index is 12.3. The van der Waals surface area contributed by atoms with Crippen LogP contribution in [0.25, 0.3) is 16.7 Å². The molecule has 0 fully saturated rings. The number of aryl methyl sites for hydroxylation is 2. The first-order valence-corrected chi connectivity index (χ1v) is 9.57. The molecule has 0 spiro atoms. The van der Waals surface area contributed by atoms with Gasteiger partial charge in [0.25, 0.3) is 5.91 Å². The molecule has 0 bridgehead atoms. The minimum atomic E-state index is -0.231. The van der Waals surface area contributed by atoms with Gasteiger partial charge in [0.15, 0.2) is 12.3 Å². The zero-order valence-electron chi connectivity index (χ0n) is 16.4. The first-order valence-electron chi connectivity index (χ1n) is 9.57. The van der Waals surface area contributed by atoms with Crippen LogP contribution in [0, 0.1) is 6.92 Å². The van der Waals surface area contributed by atoms with Gasteiger partial charge >= 0.3 is 0 Å². The second-order valence-electron chi connectivity index (χ2n) is 6.73. The molecule has 0 unspecified atom stereocenters. The molecule has 0 aliphatic heterocycles. The molecule has 1 amide bonds. The highest BCUT2D eigenvalue weighted by Gasteiger charge is 2.12. The summed E-state index contributed by atoms with van der Waals surface area (Å²) >= 11 is 0. The van der Waals surface area contributed by atoms with E-state index in [-0.39, 0.29) is 12.5 Å². The van der Waals surface area contributed by atoms with Crippen molar-refractivity contribution >= 4 is 22.6 Å². The van der Waals surface area contributed by atoms with Crippen LogP contribution in [0.5, 0.6) is 5.75 Å². The number of aromatic nitrogens is 3. The van der Waals surface area contributed by atoms with E-state index in [2.05, 4.69) is 22.3 Å². The van der Waals surface area contributed by atoms with Crippen molar-refractivity contribution in [2.24, 2.45) is 0 Å². The maximum atomic E-state index is 12.3. The van der Waals surface area contributed by atoms with E-state index in [9.17, 15) is 4.79 Å². The summed E-state index contributed by atoms with van der Waals surface area (Å²) in [6.45, 7) is 3.93. The molecule has 0 saturated heterocycles. The van der Waals surface area contributed by atoms with Crippen molar-refractivity contribution in [2.45, 2.75) is 20.3 Å². The maximum Gasteiger partial charge on any atom is 0.262 e. The molecule has 2 heterocycles. The zero-order valence-corrected chi connectivity index (χ0v) is 16.4. The molecule has 0 radical (unpaired) electrons. The molecule has 29 heavy (non-hydrogen) atoms. The average Bonchev–Trinajstić information content (AvgIpc) is 3.09. The van der Waals surface area contributed by atoms with E-state index in [1.165, 1.54) is 0 Å². The normalized spacial score (nSPS) is 10.8. The highest BCUT2D eigenvalue weighted by molar-refractivity contribution is 5.94. The Kier molecular flexibility index (Phi) is 5.24. The quantitative estimate of drug-likeness (QED) is 0.536. The van der Waals surface area contributed by atoms with E-state index in [0.29, 0.717) is 5.69 Å². The molecule has 4 aromatic rings. The second kappa shape index (κ2) is 8.14. The van der Waals surface area contributed by atoms with Crippen molar-refractivity contribution in [1.82, 2.24) is 14.8 Å². The number of carbonyl (C=O) groups is 1. The van der Waals surface area contributed by atoms with Gasteiger partial charge in [-0.3, -0.25) is 4.79 Å². The van der Waals surface area contributed by atoms with Crippen molar-refractivity contribution in [3.8, 4) is 11.4 Å². The number of rotatable bonds is 6. The second-order valence-corrected chi connectivity index (χ2v) is 6.73. The average molecular weight is 386 g/mol. The fourth-order valence-electron chi connectivity index (χ4n) is 3.24. The van der Waals surface area contributed by atoms with Gasteiger partial charge in [0, 0.05) is 5.39 Å². The van der Waals surface area contributed by atoms with Crippen LogP contribution in [0.3, 0.4) is 0 Å². The fraction of sp³-hybridized carbons (Fsp3) is 0.174. The van der Waals surface area contributed by atoms with Gasteiger partial charge in [-0.2, -0.15) is 5.10 Å². The first-order chi connectivity index (χ1) is 14.2. The van der Waals surface area contributed by atoms with Gasteiger partial charge in [0.1, 0.15) is 5.75 Å². The number of amides is 1. The number of nitrogens with one attached hydrogen (secondary N) is 1. The summed E-state index contributed by atoms with van der Waals surface area (Å²) in [7, 11) is 0. The minimum absolute atomic E-state index is 0.0582. The molecule has 0 atom stereocenters. The molecule has 0 aliphatic carbocycles. The summed E-state index contributed by atoms with van der Waals surface area (Å²) in [5, 5.41) is 8.34. The third-order valence-corrected chi connectivity index (χ3v) is 4.70. The van der Waals surface area contributed by atoms with Gasteiger partial charge in [-0.1, -0.05) is 43.3 Å². The number of nitrogens with zero attached hydrogens (tertiary/aromatic N) is 3. The van der Waals surface area contributed by atoms with Gasteiger partial charge in [-0.15, -0.1) is 0 Å². The molecular formula is C23H22N4O2. The highest BCUT2D eigenvalue weighted by Crippen LogP contribution is 2.23. The summed E-state index contributed by atoms with van der Waals surface area (Å²) < 4.78 is 7.49. The van der Waals surface area contributed by atoms with Gasteiger partial charge in [0.2, 0.25) is 0 Å².